The van der Waals surface area contributed by atoms with Gasteiger partial charge >= 0.3 is 0 Å². The van der Waals surface area contributed by atoms with Crippen LogP contribution in [-0.2, 0) is 12.8 Å². The molecule has 1 fully saturated rings. The predicted octanol–water partition coefficient (Wildman–Crippen LogP) is 2.83. The maximum Gasteiger partial charge on any atom is 0.117 e. The van der Waals surface area contributed by atoms with Crippen molar-refractivity contribution in [1.29, 1.82) is 0 Å². The average molecular weight is 265 g/mol. The van der Waals surface area contributed by atoms with Crippen molar-refractivity contribution in [2.45, 2.75) is 40.0 Å². The molecule has 0 unspecified atom stereocenters. The normalized spacial score (nSPS) is 16.6. The first-order valence-electron chi connectivity index (χ1n) is 6.64. The Morgan fingerprint density at radius 1 is 1.33 bits per heavy atom. The topological polar surface area (TPSA) is 37.8 Å². The first kappa shape index (κ1) is 13.7. The van der Waals surface area contributed by atoms with Crippen molar-refractivity contribution in [1.82, 2.24) is 15.5 Å². The molecule has 0 amide bonds. The maximum atomic E-state index is 4.29. The summed E-state index contributed by atoms with van der Waals surface area (Å²) in [5.41, 5.74) is 1.65. The average Bonchev–Trinajstić information content (AvgIpc) is 2.57. The Balaban J connectivity index is 1.81. The fourth-order valence-electron chi connectivity index (χ4n) is 1.96. The van der Waals surface area contributed by atoms with Gasteiger partial charge in [0, 0.05) is 31.8 Å². The van der Waals surface area contributed by atoms with Gasteiger partial charge in [0.25, 0.3) is 0 Å². The van der Waals surface area contributed by atoms with Gasteiger partial charge in [-0.3, -0.25) is 0 Å². The molecule has 3 nitrogen and oxygen atoms in total. The zero-order valence-electron chi connectivity index (χ0n) is 11.6. The summed E-state index contributed by atoms with van der Waals surface area (Å²) in [6.07, 6.45) is 3.06. The van der Waals surface area contributed by atoms with E-state index in [1.54, 1.807) is 11.3 Å². The molecule has 1 aliphatic heterocycles. The van der Waals surface area contributed by atoms with E-state index in [-0.39, 0.29) is 5.41 Å². The van der Waals surface area contributed by atoms with Crippen LogP contribution in [0.25, 0.3) is 0 Å². The van der Waals surface area contributed by atoms with Crippen LogP contribution in [0.3, 0.4) is 0 Å². The van der Waals surface area contributed by atoms with Crippen molar-refractivity contribution in [2.24, 2.45) is 11.3 Å². The summed E-state index contributed by atoms with van der Waals surface area (Å²) in [6.45, 7) is 13.1. The minimum Gasteiger partial charge on any atom is -0.315 e. The molecule has 2 heterocycles. The van der Waals surface area contributed by atoms with E-state index in [1.807, 2.05) is 0 Å². The van der Waals surface area contributed by atoms with Gasteiger partial charge in [-0.2, -0.15) is 0 Å². The molecule has 18 heavy (non-hydrogen) atoms. The third-order valence-corrected chi connectivity index (χ3v) is 4.19. The van der Waals surface area contributed by atoms with Gasteiger partial charge in [-0.1, -0.05) is 32.9 Å². The van der Waals surface area contributed by atoms with Crippen molar-refractivity contribution in [3.05, 3.63) is 22.2 Å². The lowest BCUT2D eigenvalue weighted by Gasteiger charge is -2.28. The molecule has 0 bridgehead atoms. The molecule has 0 atom stereocenters. The number of hydrogen-bond acceptors (Lipinski definition) is 4. The van der Waals surface area contributed by atoms with Crippen LogP contribution in [0.4, 0.5) is 0 Å². The second kappa shape index (κ2) is 5.49. The molecule has 1 N–H and O–H groups in total. The maximum absolute atomic E-state index is 4.29. The first-order chi connectivity index (χ1) is 8.44. The molecular formula is C14H23N3S. The summed E-state index contributed by atoms with van der Waals surface area (Å²) in [6, 6.07) is 0. The van der Waals surface area contributed by atoms with Gasteiger partial charge in [0.1, 0.15) is 10.0 Å². The van der Waals surface area contributed by atoms with E-state index < -0.39 is 0 Å². The quantitative estimate of drug-likeness (QED) is 0.832. The fraction of sp³-hybridized carbons (Fsp3) is 0.714. The number of aromatic nitrogens is 2. The monoisotopic (exact) mass is 265 g/mol. The number of hydrogen-bond donors (Lipinski definition) is 1. The molecule has 100 valence electrons. The van der Waals surface area contributed by atoms with Gasteiger partial charge in [0.2, 0.25) is 0 Å². The highest BCUT2D eigenvalue weighted by Crippen LogP contribution is 2.24. The summed E-state index contributed by atoms with van der Waals surface area (Å²) < 4.78 is 0. The van der Waals surface area contributed by atoms with Crippen molar-refractivity contribution < 1.29 is 0 Å². The molecule has 1 aliphatic rings. The van der Waals surface area contributed by atoms with Gasteiger partial charge in [0.15, 0.2) is 0 Å². The van der Waals surface area contributed by atoms with Crippen LogP contribution in [0, 0.1) is 11.3 Å². The smallest absolute Gasteiger partial charge is 0.117 e. The molecule has 4 heteroatoms. The van der Waals surface area contributed by atoms with E-state index in [0.717, 1.165) is 42.4 Å². The third-order valence-electron chi connectivity index (χ3n) is 3.21. The highest BCUT2D eigenvalue weighted by atomic mass is 32.1. The minimum absolute atomic E-state index is 0.290. The Kier molecular flexibility index (Phi) is 4.17. The Morgan fingerprint density at radius 2 is 2.00 bits per heavy atom. The lowest BCUT2D eigenvalue weighted by atomic mass is 9.92. The summed E-state index contributed by atoms with van der Waals surface area (Å²) in [5, 5.41) is 14.2. The van der Waals surface area contributed by atoms with Crippen LogP contribution in [0.5, 0.6) is 0 Å². The molecule has 2 rings (SSSR count). The summed E-state index contributed by atoms with van der Waals surface area (Å²) in [4.78, 5) is 0. The second-order valence-electron chi connectivity index (χ2n) is 6.34. The van der Waals surface area contributed by atoms with Crippen LogP contribution in [0.2, 0.25) is 0 Å². The Bertz CT molecular complexity index is 413. The number of nitrogens with zero attached hydrogens (tertiary/aromatic N) is 2. The summed E-state index contributed by atoms with van der Waals surface area (Å²) >= 11 is 1.76. The van der Waals surface area contributed by atoms with E-state index in [2.05, 4.69) is 42.9 Å². The molecule has 0 radical (unpaired) electrons. The van der Waals surface area contributed by atoms with E-state index in [4.69, 9.17) is 0 Å². The van der Waals surface area contributed by atoms with Crippen LogP contribution in [0.1, 0.15) is 37.2 Å². The van der Waals surface area contributed by atoms with Gasteiger partial charge < -0.3 is 5.32 Å². The van der Waals surface area contributed by atoms with Crippen LogP contribution in [0.15, 0.2) is 12.2 Å². The lowest BCUT2D eigenvalue weighted by molar-refractivity contribution is 0.391. The highest BCUT2D eigenvalue weighted by molar-refractivity contribution is 7.11. The van der Waals surface area contributed by atoms with Gasteiger partial charge in [-0.15, -0.1) is 21.5 Å². The molecule has 1 aromatic rings. The van der Waals surface area contributed by atoms with Crippen LogP contribution >= 0.6 is 11.3 Å². The molecule has 0 saturated carbocycles. The van der Waals surface area contributed by atoms with Gasteiger partial charge in [-0.25, -0.2) is 0 Å². The van der Waals surface area contributed by atoms with Crippen molar-refractivity contribution >= 4 is 11.3 Å². The van der Waals surface area contributed by atoms with Crippen LogP contribution in [-0.4, -0.2) is 23.3 Å². The second-order valence-corrected chi connectivity index (χ2v) is 7.49. The standard InChI is InChI=1S/C14H23N3S/c1-10(11-8-15-9-11)5-6-12-16-17-13(18-12)7-14(2,3)4/h11,15H,1,5-9H2,2-4H3. The molecular weight excluding hydrogens is 242 g/mol. The summed E-state index contributed by atoms with van der Waals surface area (Å²) in [5.74, 6) is 0.687. The zero-order chi connectivity index (χ0) is 13.2. The van der Waals surface area contributed by atoms with Gasteiger partial charge in [-0.05, 0) is 11.8 Å². The molecule has 1 saturated heterocycles. The van der Waals surface area contributed by atoms with E-state index in [9.17, 15) is 0 Å². The summed E-state index contributed by atoms with van der Waals surface area (Å²) in [7, 11) is 0. The molecule has 0 aliphatic carbocycles. The Hall–Kier alpha value is -0.740. The molecule has 1 aromatic heterocycles. The number of rotatable bonds is 5. The first-order valence-corrected chi connectivity index (χ1v) is 7.45. The van der Waals surface area contributed by atoms with E-state index in [0.29, 0.717) is 5.92 Å². The minimum atomic E-state index is 0.290. The van der Waals surface area contributed by atoms with Crippen molar-refractivity contribution in [3.63, 3.8) is 0 Å². The predicted molar refractivity (Wildman–Crippen MR) is 76.9 cm³/mol. The third kappa shape index (κ3) is 3.89. The fourth-order valence-corrected chi connectivity index (χ4v) is 3.11. The largest absolute Gasteiger partial charge is 0.315 e. The van der Waals surface area contributed by atoms with Gasteiger partial charge in [0.05, 0.1) is 0 Å². The highest BCUT2D eigenvalue weighted by Gasteiger charge is 2.20. The Labute approximate surface area is 114 Å². The van der Waals surface area contributed by atoms with Crippen LogP contribution < -0.4 is 5.32 Å². The zero-order valence-corrected chi connectivity index (χ0v) is 12.4. The number of aryl methyl sites for hydroxylation is 1. The lowest BCUT2D eigenvalue weighted by Crippen LogP contribution is -2.42. The van der Waals surface area contributed by atoms with E-state index >= 15 is 0 Å². The van der Waals surface area contributed by atoms with Crippen molar-refractivity contribution in [3.8, 4) is 0 Å². The van der Waals surface area contributed by atoms with Crippen molar-refractivity contribution in [2.75, 3.05) is 13.1 Å². The molecule has 0 aromatic carbocycles. The number of nitrogens with one attached hydrogen (secondary N) is 1. The van der Waals surface area contributed by atoms with E-state index in [1.165, 1.54) is 5.57 Å². The SMILES string of the molecule is C=C(CCc1nnc(CC(C)(C)C)s1)C1CNC1. The molecule has 0 spiro atoms. The Morgan fingerprint density at radius 3 is 2.56 bits per heavy atom.